The Morgan fingerprint density at radius 1 is 1.20 bits per heavy atom. The number of rotatable bonds is 4. The van der Waals surface area contributed by atoms with Gasteiger partial charge in [-0.2, -0.15) is 0 Å². The molecule has 1 saturated heterocycles. The van der Waals surface area contributed by atoms with Gasteiger partial charge in [-0.05, 0) is 32.0 Å². The molecule has 1 aromatic carbocycles. The van der Waals surface area contributed by atoms with Gasteiger partial charge in [-0.25, -0.2) is 4.79 Å². The second kappa shape index (κ2) is 7.84. The van der Waals surface area contributed by atoms with Crippen LogP contribution < -0.4 is 5.32 Å². The maximum absolute atomic E-state index is 12.4. The number of piperazine rings is 1. The van der Waals surface area contributed by atoms with Gasteiger partial charge in [0.15, 0.2) is 0 Å². The number of hydrogen-bond acceptors (Lipinski definition) is 4. The highest BCUT2D eigenvalue weighted by molar-refractivity contribution is 5.96. The van der Waals surface area contributed by atoms with E-state index in [1.54, 1.807) is 57.1 Å². The van der Waals surface area contributed by atoms with Gasteiger partial charge in [0, 0.05) is 58.1 Å². The van der Waals surface area contributed by atoms with Gasteiger partial charge < -0.3 is 20.2 Å². The molecular weight excluding hydrogens is 320 g/mol. The van der Waals surface area contributed by atoms with Crippen LogP contribution in [-0.2, 0) is 0 Å². The fraction of sp³-hybridized carbons (Fsp3) is 0.556. The number of anilines is 1. The van der Waals surface area contributed by atoms with Gasteiger partial charge in [-0.1, -0.05) is 6.07 Å². The number of urea groups is 1. The Morgan fingerprint density at radius 3 is 2.40 bits per heavy atom. The van der Waals surface area contributed by atoms with E-state index in [0.29, 0.717) is 30.9 Å². The normalized spacial score (nSPS) is 15.8. The number of amides is 3. The van der Waals surface area contributed by atoms with E-state index in [2.05, 4.69) is 10.2 Å². The highest BCUT2D eigenvalue weighted by Gasteiger charge is 2.25. The van der Waals surface area contributed by atoms with Crippen LogP contribution in [0, 0.1) is 0 Å². The maximum atomic E-state index is 12.4. The van der Waals surface area contributed by atoms with Crippen molar-refractivity contribution >= 4 is 17.6 Å². The van der Waals surface area contributed by atoms with E-state index >= 15 is 0 Å². The molecule has 1 heterocycles. The van der Waals surface area contributed by atoms with Crippen LogP contribution in [0.25, 0.3) is 0 Å². The standard InChI is InChI=1S/C18H28N4O3/c1-18(2,25)13-21-8-10-22(11-9-21)17(24)19-15-7-5-6-14(12-15)16(23)20(3)4/h5-7,12,25H,8-11,13H2,1-4H3,(H,19,24). The molecule has 0 saturated carbocycles. The van der Waals surface area contributed by atoms with Gasteiger partial charge in [0.25, 0.3) is 5.91 Å². The number of aliphatic hydroxyl groups is 1. The average molecular weight is 348 g/mol. The van der Waals surface area contributed by atoms with E-state index in [1.165, 1.54) is 4.90 Å². The minimum atomic E-state index is -0.732. The summed E-state index contributed by atoms with van der Waals surface area (Å²) in [5.41, 5.74) is 0.415. The molecule has 2 rings (SSSR count). The summed E-state index contributed by atoms with van der Waals surface area (Å²) < 4.78 is 0. The minimum absolute atomic E-state index is 0.101. The Balaban J connectivity index is 1.91. The number of nitrogens with zero attached hydrogens (tertiary/aromatic N) is 3. The third-order valence-corrected chi connectivity index (χ3v) is 4.04. The molecule has 138 valence electrons. The molecule has 1 fully saturated rings. The molecule has 0 aliphatic carbocycles. The quantitative estimate of drug-likeness (QED) is 0.860. The summed E-state index contributed by atoms with van der Waals surface area (Å²) in [6, 6.07) is 6.78. The average Bonchev–Trinajstić information content (AvgIpc) is 2.53. The van der Waals surface area contributed by atoms with Gasteiger partial charge >= 0.3 is 6.03 Å². The van der Waals surface area contributed by atoms with E-state index in [0.717, 1.165) is 13.1 Å². The van der Waals surface area contributed by atoms with Crippen molar-refractivity contribution in [2.24, 2.45) is 0 Å². The van der Waals surface area contributed by atoms with Gasteiger partial charge in [0.05, 0.1) is 5.60 Å². The van der Waals surface area contributed by atoms with E-state index in [1.807, 2.05) is 0 Å². The molecule has 1 aliphatic rings. The highest BCUT2D eigenvalue weighted by Crippen LogP contribution is 2.14. The fourth-order valence-corrected chi connectivity index (χ4v) is 2.85. The summed E-state index contributed by atoms with van der Waals surface area (Å²) in [5.74, 6) is -0.101. The van der Waals surface area contributed by atoms with E-state index < -0.39 is 5.60 Å². The number of hydrogen-bond donors (Lipinski definition) is 2. The SMILES string of the molecule is CN(C)C(=O)c1cccc(NC(=O)N2CCN(CC(C)(C)O)CC2)c1. The van der Waals surface area contributed by atoms with Crippen molar-refractivity contribution in [2.45, 2.75) is 19.4 Å². The lowest BCUT2D eigenvalue weighted by Gasteiger charge is -2.37. The van der Waals surface area contributed by atoms with E-state index in [-0.39, 0.29) is 11.9 Å². The second-order valence-corrected chi connectivity index (χ2v) is 7.29. The summed E-state index contributed by atoms with van der Waals surface area (Å²) in [4.78, 5) is 29.8. The lowest BCUT2D eigenvalue weighted by molar-refractivity contribution is 0.0231. The molecule has 0 spiro atoms. The van der Waals surface area contributed by atoms with Crippen molar-refractivity contribution in [1.82, 2.24) is 14.7 Å². The number of carbonyl (C=O) groups excluding carboxylic acids is 2. The van der Waals surface area contributed by atoms with Crippen molar-refractivity contribution in [3.8, 4) is 0 Å². The summed E-state index contributed by atoms with van der Waals surface area (Å²) >= 11 is 0. The van der Waals surface area contributed by atoms with Crippen LogP contribution >= 0.6 is 0 Å². The number of carbonyl (C=O) groups is 2. The Kier molecular flexibility index (Phi) is 6.02. The maximum Gasteiger partial charge on any atom is 0.321 e. The lowest BCUT2D eigenvalue weighted by Crippen LogP contribution is -2.52. The molecule has 7 heteroatoms. The predicted octanol–water partition coefficient (Wildman–Crippen LogP) is 1.31. The fourth-order valence-electron chi connectivity index (χ4n) is 2.85. The van der Waals surface area contributed by atoms with Gasteiger partial charge in [0.2, 0.25) is 0 Å². The first-order valence-electron chi connectivity index (χ1n) is 8.48. The number of nitrogens with one attached hydrogen (secondary N) is 1. The zero-order chi connectivity index (χ0) is 18.6. The predicted molar refractivity (Wildman–Crippen MR) is 97.8 cm³/mol. The van der Waals surface area contributed by atoms with Gasteiger partial charge in [-0.15, -0.1) is 0 Å². The third kappa shape index (κ3) is 5.72. The molecule has 0 radical (unpaired) electrons. The van der Waals surface area contributed by atoms with Gasteiger partial charge in [-0.3, -0.25) is 9.69 Å². The third-order valence-electron chi connectivity index (χ3n) is 4.04. The molecule has 0 aromatic heterocycles. The van der Waals surface area contributed by atoms with Crippen LogP contribution in [0.1, 0.15) is 24.2 Å². The number of β-amino-alcohol motifs (C(OH)–C–C–N with tert-alkyl or cyclic N) is 1. The Bertz CT molecular complexity index is 617. The molecule has 0 unspecified atom stereocenters. The first-order chi connectivity index (χ1) is 11.7. The van der Waals surface area contributed by atoms with Crippen molar-refractivity contribution < 1.29 is 14.7 Å². The molecule has 0 atom stereocenters. The molecule has 1 aromatic rings. The Hall–Kier alpha value is -2.12. The molecule has 7 nitrogen and oxygen atoms in total. The molecule has 25 heavy (non-hydrogen) atoms. The smallest absolute Gasteiger partial charge is 0.321 e. The summed E-state index contributed by atoms with van der Waals surface area (Å²) in [6.45, 7) is 6.85. The van der Waals surface area contributed by atoms with Crippen molar-refractivity contribution in [3.05, 3.63) is 29.8 Å². The highest BCUT2D eigenvalue weighted by atomic mass is 16.3. The first-order valence-corrected chi connectivity index (χ1v) is 8.48. The monoisotopic (exact) mass is 348 g/mol. The Labute approximate surface area is 149 Å². The second-order valence-electron chi connectivity index (χ2n) is 7.29. The van der Waals surface area contributed by atoms with E-state index in [4.69, 9.17) is 0 Å². The van der Waals surface area contributed by atoms with Crippen molar-refractivity contribution in [3.63, 3.8) is 0 Å². The minimum Gasteiger partial charge on any atom is -0.389 e. The molecular formula is C18H28N4O3. The first kappa shape index (κ1) is 19.2. The van der Waals surface area contributed by atoms with Crippen LogP contribution in [0.5, 0.6) is 0 Å². The van der Waals surface area contributed by atoms with Gasteiger partial charge in [0.1, 0.15) is 0 Å². The van der Waals surface area contributed by atoms with E-state index in [9.17, 15) is 14.7 Å². The topological polar surface area (TPSA) is 76.1 Å². The van der Waals surface area contributed by atoms with Crippen molar-refractivity contribution in [1.29, 1.82) is 0 Å². The zero-order valence-electron chi connectivity index (χ0n) is 15.5. The van der Waals surface area contributed by atoms with Crippen LogP contribution in [0.2, 0.25) is 0 Å². The summed E-state index contributed by atoms with van der Waals surface area (Å²) in [7, 11) is 3.39. The van der Waals surface area contributed by atoms with Crippen LogP contribution in [0.3, 0.4) is 0 Å². The van der Waals surface area contributed by atoms with Crippen molar-refractivity contribution in [2.75, 3.05) is 52.1 Å². The largest absolute Gasteiger partial charge is 0.389 e. The Morgan fingerprint density at radius 2 is 1.84 bits per heavy atom. The van der Waals surface area contributed by atoms with Crippen LogP contribution in [-0.4, -0.2) is 84.2 Å². The molecule has 1 aliphatic heterocycles. The molecule has 0 bridgehead atoms. The lowest BCUT2D eigenvalue weighted by atomic mass is 10.1. The summed E-state index contributed by atoms with van der Waals surface area (Å²) in [6.07, 6.45) is 0. The zero-order valence-corrected chi connectivity index (χ0v) is 15.5. The molecule has 3 amide bonds. The molecule has 2 N–H and O–H groups in total. The van der Waals surface area contributed by atoms with Crippen LogP contribution in [0.15, 0.2) is 24.3 Å². The summed E-state index contributed by atoms with van der Waals surface area (Å²) in [5, 5.41) is 12.7. The van der Waals surface area contributed by atoms with Crippen LogP contribution in [0.4, 0.5) is 10.5 Å². The number of benzene rings is 1.